The van der Waals surface area contributed by atoms with E-state index in [-0.39, 0.29) is 18.2 Å². The van der Waals surface area contributed by atoms with Gasteiger partial charge in [0.25, 0.3) is 0 Å². The van der Waals surface area contributed by atoms with Gasteiger partial charge >= 0.3 is 5.97 Å². The molecule has 4 heteroatoms. The fraction of sp³-hybridized carbons (Fsp3) is 0.962. The molecule has 0 aliphatic carbocycles. The molecule has 30 heavy (non-hydrogen) atoms. The zero-order valence-electron chi connectivity index (χ0n) is 20.8. The second kappa shape index (κ2) is 26.4. The van der Waals surface area contributed by atoms with E-state index >= 15 is 0 Å². The van der Waals surface area contributed by atoms with E-state index in [2.05, 4.69) is 13.8 Å². The zero-order valence-corrected chi connectivity index (χ0v) is 20.8. The second-order valence-corrected chi connectivity index (χ2v) is 8.80. The van der Waals surface area contributed by atoms with E-state index in [1.165, 1.54) is 64.2 Å². The van der Waals surface area contributed by atoms with Gasteiger partial charge in [0.15, 0.2) is 0 Å². The molecule has 0 aliphatic heterocycles. The average Bonchev–Trinajstić information content (AvgIpc) is 2.70. The van der Waals surface area contributed by atoms with Gasteiger partial charge in [-0.1, -0.05) is 90.9 Å². The predicted octanol–water partition coefficient (Wildman–Crippen LogP) is 7.34. The van der Waals surface area contributed by atoms with Crippen LogP contribution in [0, 0.1) is 0 Å². The zero-order chi connectivity index (χ0) is 22.9. The number of aliphatic hydroxyl groups is 2. The first-order valence-electron chi connectivity index (χ1n) is 13.0. The Labute approximate surface area is 188 Å². The van der Waals surface area contributed by atoms with E-state index in [1.807, 2.05) is 13.8 Å². The van der Waals surface area contributed by atoms with Gasteiger partial charge in [-0.05, 0) is 46.0 Å². The molecule has 182 valence electrons. The molecular weight excluding hydrogens is 376 g/mol. The van der Waals surface area contributed by atoms with Gasteiger partial charge in [0, 0.05) is 13.0 Å². The molecule has 0 amide bonds. The van der Waals surface area contributed by atoms with E-state index in [1.54, 1.807) is 0 Å². The van der Waals surface area contributed by atoms with Gasteiger partial charge in [0.2, 0.25) is 0 Å². The van der Waals surface area contributed by atoms with Crippen LogP contribution in [-0.2, 0) is 9.53 Å². The highest BCUT2D eigenvalue weighted by molar-refractivity contribution is 5.69. The Kier molecular flexibility index (Phi) is 27.8. The maximum absolute atomic E-state index is 11.7. The fourth-order valence-corrected chi connectivity index (χ4v) is 3.33. The van der Waals surface area contributed by atoms with Crippen LogP contribution in [0.1, 0.15) is 143 Å². The third-order valence-corrected chi connectivity index (χ3v) is 5.31. The summed E-state index contributed by atoms with van der Waals surface area (Å²) >= 11 is 0. The minimum Gasteiger partial charge on any atom is -0.463 e. The molecule has 0 bridgehead atoms. The number of ether oxygens (including phenoxy) is 1. The molecule has 0 spiro atoms. The van der Waals surface area contributed by atoms with Crippen LogP contribution < -0.4 is 0 Å². The maximum atomic E-state index is 11.7. The summed E-state index contributed by atoms with van der Waals surface area (Å²) in [6.07, 6.45) is 20.4. The van der Waals surface area contributed by atoms with Gasteiger partial charge in [0.05, 0.1) is 12.2 Å². The Bertz CT molecular complexity index is 331. The van der Waals surface area contributed by atoms with Crippen molar-refractivity contribution in [2.24, 2.45) is 0 Å². The number of hydrogen-bond donors (Lipinski definition) is 2. The highest BCUT2D eigenvalue weighted by Gasteiger charge is 2.08. The molecule has 2 unspecified atom stereocenters. The van der Waals surface area contributed by atoms with Crippen molar-refractivity contribution in [1.82, 2.24) is 0 Å². The molecule has 0 fully saturated rings. The number of carbonyl (C=O) groups excluding carboxylic acids is 1. The largest absolute Gasteiger partial charge is 0.463 e. The van der Waals surface area contributed by atoms with Crippen LogP contribution in [-0.4, -0.2) is 35.0 Å². The summed E-state index contributed by atoms with van der Waals surface area (Å²) < 4.78 is 5.44. The van der Waals surface area contributed by atoms with Crippen LogP contribution >= 0.6 is 0 Å². The lowest BCUT2D eigenvalue weighted by atomic mass is 10.1. The summed E-state index contributed by atoms with van der Waals surface area (Å²) in [6, 6.07) is 0. The van der Waals surface area contributed by atoms with Gasteiger partial charge in [-0.15, -0.1) is 0 Å². The fourth-order valence-electron chi connectivity index (χ4n) is 3.33. The van der Waals surface area contributed by atoms with Crippen LogP contribution in [0.15, 0.2) is 0 Å². The van der Waals surface area contributed by atoms with Crippen LogP contribution in [0.2, 0.25) is 0 Å². The molecule has 0 heterocycles. The lowest BCUT2D eigenvalue weighted by Gasteiger charge is -2.13. The van der Waals surface area contributed by atoms with E-state index in [4.69, 9.17) is 14.9 Å². The number of unbranched alkanes of at least 4 members (excludes halogenated alkanes) is 12. The van der Waals surface area contributed by atoms with Crippen molar-refractivity contribution in [2.75, 3.05) is 6.61 Å². The molecule has 0 rings (SSSR count). The van der Waals surface area contributed by atoms with Gasteiger partial charge in [-0.2, -0.15) is 0 Å². The lowest BCUT2D eigenvalue weighted by molar-refractivity contribution is -0.148. The van der Waals surface area contributed by atoms with E-state index < -0.39 is 0 Å². The van der Waals surface area contributed by atoms with E-state index in [9.17, 15) is 4.79 Å². The highest BCUT2D eigenvalue weighted by Crippen LogP contribution is 2.11. The summed E-state index contributed by atoms with van der Waals surface area (Å²) in [4.78, 5) is 11.7. The molecule has 0 saturated heterocycles. The number of aliphatic hydroxyl groups excluding tert-OH is 2. The first-order chi connectivity index (χ1) is 14.5. The van der Waals surface area contributed by atoms with Gasteiger partial charge in [-0.25, -0.2) is 0 Å². The van der Waals surface area contributed by atoms with E-state index in [0.717, 1.165) is 44.9 Å². The molecule has 0 aliphatic rings. The molecule has 2 atom stereocenters. The van der Waals surface area contributed by atoms with Crippen LogP contribution in [0.4, 0.5) is 0 Å². The standard InChI is InChI=1S/C18H36O2.C8H18O2/c1-4-6-8-10-11-12-14-16-18(19)20-17(3)15-13-9-7-5-2;1-8(10)6-4-2-3-5-7-9/h17H,4-16H2,1-3H3;8-10H,2-7H2,1H3. The Morgan fingerprint density at radius 2 is 1.17 bits per heavy atom. The minimum absolute atomic E-state index is 0.00143. The number of rotatable bonds is 20. The minimum atomic E-state index is -0.158. The Balaban J connectivity index is 0. The number of esters is 1. The van der Waals surface area contributed by atoms with Crippen LogP contribution in [0.25, 0.3) is 0 Å². The Hall–Kier alpha value is -0.610. The van der Waals surface area contributed by atoms with Gasteiger partial charge < -0.3 is 14.9 Å². The molecular formula is C26H54O4. The van der Waals surface area contributed by atoms with Gasteiger partial charge in [-0.3, -0.25) is 4.79 Å². The van der Waals surface area contributed by atoms with Crippen molar-refractivity contribution in [3.63, 3.8) is 0 Å². The van der Waals surface area contributed by atoms with Crippen molar-refractivity contribution in [3.8, 4) is 0 Å². The average molecular weight is 431 g/mol. The van der Waals surface area contributed by atoms with E-state index in [0.29, 0.717) is 13.0 Å². The monoisotopic (exact) mass is 430 g/mol. The summed E-state index contributed by atoms with van der Waals surface area (Å²) in [5.74, 6) is 0.00143. The summed E-state index contributed by atoms with van der Waals surface area (Å²) in [5, 5.41) is 17.3. The van der Waals surface area contributed by atoms with Crippen molar-refractivity contribution in [1.29, 1.82) is 0 Å². The second-order valence-electron chi connectivity index (χ2n) is 8.80. The molecule has 0 radical (unpaired) electrons. The SMILES string of the molecule is CC(O)CCCCCCO.CCCCCCCCCC(=O)OC(C)CCCCCC. The Morgan fingerprint density at radius 1 is 0.700 bits per heavy atom. The third-order valence-electron chi connectivity index (χ3n) is 5.31. The predicted molar refractivity (Wildman–Crippen MR) is 129 cm³/mol. The summed E-state index contributed by atoms with van der Waals surface area (Å²) in [7, 11) is 0. The van der Waals surface area contributed by atoms with Gasteiger partial charge in [0.1, 0.15) is 0 Å². The molecule has 4 nitrogen and oxygen atoms in total. The first-order valence-corrected chi connectivity index (χ1v) is 13.0. The van der Waals surface area contributed by atoms with Crippen LogP contribution in [0.5, 0.6) is 0 Å². The summed E-state index contributed by atoms with van der Waals surface area (Å²) in [6.45, 7) is 8.58. The molecule has 0 aromatic carbocycles. The quantitative estimate of drug-likeness (QED) is 0.157. The smallest absolute Gasteiger partial charge is 0.306 e. The molecule has 0 aromatic rings. The van der Waals surface area contributed by atoms with Crippen molar-refractivity contribution in [2.45, 2.75) is 155 Å². The molecule has 0 aromatic heterocycles. The Morgan fingerprint density at radius 3 is 1.73 bits per heavy atom. The van der Waals surface area contributed by atoms with Crippen molar-refractivity contribution < 1.29 is 19.7 Å². The van der Waals surface area contributed by atoms with Crippen LogP contribution in [0.3, 0.4) is 0 Å². The first kappa shape index (κ1) is 31.6. The maximum Gasteiger partial charge on any atom is 0.306 e. The highest BCUT2D eigenvalue weighted by atomic mass is 16.5. The van der Waals surface area contributed by atoms with Crippen molar-refractivity contribution in [3.05, 3.63) is 0 Å². The normalized spacial score (nSPS) is 12.7. The topological polar surface area (TPSA) is 66.8 Å². The number of carbonyl (C=O) groups is 1. The lowest BCUT2D eigenvalue weighted by Crippen LogP contribution is -2.14. The number of hydrogen-bond acceptors (Lipinski definition) is 4. The molecule has 0 saturated carbocycles. The third kappa shape index (κ3) is 29.6. The molecule has 2 N–H and O–H groups in total. The summed E-state index contributed by atoms with van der Waals surface area (Å²) in [5.41, 5.74) is 0. The van der Waals surface area contributed by atoms with Crippen molar-refractivity contribution >= 4 is 5.97 Å².